The molecule has 1 aliphatic rings. The van der Waals surface area contributed by atoms with E-state index in [1.54, 1.807) is 0 Å². The Morgan fingerprint density at radius 3 is 2.56 bits per heavy atom. The lowest BCUT2D eigenvalue weighted by molar-refractivity contribution is 0.333. The molecular weight excluding hydrogens is 220 g/mol. The summed E-state index contributed by atoms with van der Waals surface area (Å²) in [6.07, 6.45) is 2.24. The minimum atomic E-state index is 0.402. The summed E-state index contributed by atoms with van der Waals surface area (Å²) in [5.41, 5.74) is 7.28. The van der Waals surface area contributed by atoms with Crippen LogP contribution in [0.25, 0.3) is 10.8 Å². The summed E-state index contributed by atoms with van der Waals surface area (Å²) in [7, 11) is 0. The van der Waals surface area contributed by atoms with Crippen molar-refractivity contribution in [3.63, 3.8) is 0 Å². The van der Waals surface area contributed by atoms with E-state index in [0.717, 1.165) is 19.4 Å². The smallest absolute Gasteiger partial charge is 0.0448 e. The number of hydrogen-bond acceptors (Lipinski definition) is 2. The molecule has 0 heterocycles. The molecule has 3 rings (SSSR count). The Balaban J connectivity index is 2.01. The lowest BCUT2D eigenvalue weighted by Crippen LogP contribution is -2.50. The summed E-state index contributed by atoms with van der Waals surface area (Å²) in [4.78, 5) is 2.51. The summed E-state index contributed by atoms with van der Waals surface area (Å²) in [6, 6.07) is 16.2. The molecule has 94 valence electrons. The SMILES string of the molecule is CCN(c1cccc2ccccc12)C1CC(N)C1. The molecule has 18 heavy (non-hydrogen) atoms. The molecule has 0 spiro atoms. The Morgan fingerprint density at radius 2 is 1.83 bits per heavy atom. The highest BCUT2D eigenvalue weighted by Crippen LogP contribution is 2.33. The Kier molecular flexibility index (Phi) is 2.96. The quantitative estimate of drug-likeness (QED) is 0.893. The minimum Gasteiger partial charge on any atom is -0.368 e. The minimum absolute atomic E-state index is 0.402. The second kappa shape index (κ2) is 4.62. The fourth-order valence-corrected chi connectivity index (χ4v) is 2.97. The molecule has 0 unspecified atom stereocenters. The number of anilines is 1. The van der Waals surface area contributed by atoms with Gasteiger partial charge in [-0.05, 0) is 31.2 Å². The van der Waals surface area contributed by atoms with Crippen LogP contribution in [0, 0.1) is 0 Å². The zero-order chi connectivity index (χ0) is 12.5. The van der Waals surface area contributed by atoms with Crippen LogP contribution < -0.4 is 10.6 Å². The molecule has 0 aliphatic heterocycles. The van der Waals surface area contributed by atoms with Crippen LogP contribution in [0.3, 0.4) is 0 Å². The Bertz CT molecular complexity index is 538. The predicted molar refractivity (Wildman–Crippen MR) is 78.0 cm³/mol. The van der Waals surface area contributed by atoms with Crippen LogP contribution in [-0.4, -0.2) is 18.6 Å². The molecule has 0 saturated heterocycles. The lowest BCUT2D eigenvalue weighted by Gasteiger charge is -2.42. The molecule has 1 fully saturated rings. The van der Waals surface area contributed by atoms with Crippen molar-refractivity contribution in [3.05, 3.63) is 42.5 Å². The zero-order valence-electron chi connectivity index (χ0n) is 10.8. The van der Waals surface area contributed by atoms with E-state index in [0.29, 0.717) is 12.1 Å². The summed E-state index contributed by atoms with van der Waals surface area (Å²) in [5, 5.41) is 2.67. The average Bonchev–Trinajstić information content (AvgIpc) is 2.38. The van der Waals surface area contributed by atoms with Gasteiger partial charge in [0.15, 0.2) is 0 Å². The Hall–Kier alpha value is -1.54. The first-order chi connectivity index (χ1) is 8.79. The van der Waals surface area contributed by atoms with Gasteiger partial charge in [-0.25, -0.2) is 0 Å². The third-order valence-corrected chi connectivity index (χ3v) is 4.01. The normalized spacial score (nSPS) is 22.8. The highest BCUT2D eigenvalue weighted by Gasteiger charge is 2.31. The van der Waals surface area contributed by atoms with E-state index in [1.165, 1.54) is 16.5 Å². The van der Waals surface area contributed by atoms with Gasteiger partial charge in [-0.3, -0.25) is 0 Å². The fourth-order valence-electron chi connectivity index (χ4n) is 2.97. The first kappa shape index (κ1) is 11.5. The van der Waals surface area contributed by atoms with E-state index in [9.17, 15) is 0 Å². The number of rotatable bonds is 3. The molecule has 0 radical (unpaired) electrons. The fraction of sp³-hybridized carbons (Fsp3) is 0.375. The molecule has 0 amide bonds. The Morgan fingerprint density at radius 1 is 1.11 bits per heavy atom. The van der Waals surface area contributed by atoms with E-state index in [2.05, 4.69) is 54.3 Å². The summed E-state index contributed by atoms with van der Waals surface area (Å²) < 4.78 is 0. The molecule has 1 aliphatic carbocycles. The van der Waals surface area contributed by atoms with Gasteiger partial charge >= 0.3 is 0 Å². The average molecular weight is 240 g/mol. The molecule has 2 nitrogen and oxygen atoms in total. The van der Waals surface area contributed by atoms with Gasteiger partial charge < -0.3 is 10.6 Å². The van der Waals surface area contributed by atoms with Crippen molar-refractivity contribution in [1.82, 2.24) is 0 Å². The number of nitrogens with two attached hydrogens (primary N) is 1. The third-order valence-electron chi connectivity index (χ3n) is 4.01. The second-order valence-corrected chi connectivity index (χ2v) is 5.17. The van der Waals surface area contributed by atoms with Crippen LogP contribution in [0.2, 0.25) is 0 Å². The highest BCUT2D eigenvalue weighted by atomic mass is 15.2. The van der Waals surface area contributed by atoms with Crippen LogP contribution in [0.5, 0.6) is 0 Å². The maximum Gasteiger partial charge on any atom is 0.0448 e. The van der Waals surface area contributed by atoms with Crippen molar-refractivity contribution in [2.45, 2.75) is 31.8 Å². The van der Waals surface area contributed by atoms with Crippen molar-refractivity contribution in [1.29, 1.82) is 0 Å². The van der Waals surface area contributed by atoms with Crippen LogP contribution in [0.15, 0.2) is 42.5 Å². The van der Waals surface area contributed by atoms with Gasteiger partial charge in [0.05, 0.1) is 0 Å². The van der Waals surface area contributed by atoms with Crippen LogP contribution in [0.1, 0.15) is 19.8 Å². The Labute approximate surface area is 108 Å². The van der Waals surface area contributed by atoms with Crippen LogP contribution in [-0.2, 0) is 0 Å². The molecule has 1 saturated carbocycles. The topological polar surface area (TPSA) is 29.3 Å². The van der Waals surface area contributed by atoms with Gasteiger partial charge in [-0.15, -0.1) is 0 Å². The van der Waals surface area contributed by atoms with Crippen molar-refractivity contribution < 1.29 is 0 Å². The predicted octanol–water partition coefficient (Wildman–Crippen LogP) is 3.16. The second-order valence-electron chi connectivity index (χ2n) is 5.17. The van der Waals surface area contributed by atoms with Crippen molar-refractivity contribution >= 4 is 16.5 Å². The summed E-state index contributed by atoms with van der Waals surface area (Å²) >= 11 is 0. The van der Waals surface area contributed by atoms with Crippen LogP contribution >= 0.6 is 0 Å². The zero-order valence-corrected chi connectivity index (χ0v) is 10.8. The van der Waals surface area contributed by atoms with E-state index in [1.807, 2.05) is 0 Å². The lowest BCUT2D eigenvalue weighted by atomic mass is 9.85. The van der Waals surface area contributed by atoms with Gasteiger partial charge in [0.2, 0.25) is 0 Å². The first-order valence-corrected chi connectivity index (χ1v) is 6.79. The van der Waals surface area contributed by atoms with E-state index < -0.39 is 0 Å². The molecular formula is C16H20N2. The van der Waals surface area contributed by atoms with Gasteiger partial charge in [0.1, 0.15) is 0 Å². The first-order valence-electron chi connectivity index (χ1n) is 6.79. The van der Waals surface area contributed by atoms with Gasteiger partial charge in [-0.2, -0.15) is 0 Å². The number of hydrogen-bond donors (Lipinski definition) is 1. The molecule has 2 N–H and O–H groups in total. The molecule has 0 aromatic heterocycles. The molecule has 0 bridgehead atoms. The summed E-state index contributed by atoms with van der Waals surface area (Å²) in [6.45, 7) is 3.27. The van der Waals surface area contributed by atoms with E-state index in [-0.39, 0.29) is 0 Å². The van der Waals surface area contributed by atoms with Crippen molar-refractivity contribution in [3.8, 4) is 0 Å². The van der Waals surface area contributed by atoms with E-state index in [4.69, 9.17) is 5.73 Å². The van der Waals surface area contributed by atoms with Gasteiger partial charge in [0, 0.05) is 29.7 Å². The molecule has 2 aromatic carbocycles. The molecule has 2 heteroatoms. The maximum atomic E-state index is 5.93. The van der Waals surface area contributed by atoms with Gasteiger partial charge in [0.25, 0.3) is 0 Å². The van der Waals surface area contributed by atoms with Crippen LogP contribution in [0.4, 0.5) is 5.69 Å². The molecule has 2 aromatic rings. The maximum absolute atomic E-state index is 5.93. The number of benzene rings is 2. The summed E-state index contributed by atoms with van der Waals surface area (Å²) in [5.74, 6) is 0. The number of nitrogens with zero attached hydrogens (tertiary/aromatic N) is 1. The molecule has 0 atom stereocenters. The van der Waals surface area contributed by atoms with E-state index >= 15 is 0 Å². The standard InChI is InChI=1S/C16H20N2/c1-2-18(14-10-13(17)11-14)16-9-5-7-12-6-3-4-8-15(12)16/h3-9,13-14H,2,10-11,17H2,1H3. The number of fused-ring (bicyclic) bond motifs is 1. The van der Waals surface area contributed by atoms with Crippen molar-refractivity contribution in [2.24, 2.45) is 5.73 Å². The van der Waals surface area contributed by atoms with Gasteiger partial charge in [-0.1, -0.05) is 36.4 Å². The third kappa shape index (κ3) is 1.87. The monoisotopic (exact) mass is 240 g/mol. The largest absolute Gasteiger partial charge is 0.368 e. The van der Waals surface area contributed by atoms with Crippen molar-refractivity contribution in [2.75, 3.05) is 11.4 Å². The highest BCUT2D eigenvalue weighted by molar-refractivity contribution is 5.94.